The second-order valence-corrected chi connectivity index (χ2v) is 4.07. The first-order chi connectivity index (χ1) is 8.19. The Balaban J connectivity index is 2.12. The fraction of sp³-hybridized carbons (Fsp3) is 0.385. The smallest absolute Gasteiger partial charge is 0.126 e. The van der Waals surface area contributed by atoms with Crippen LogP contribution in [-0.4, -0.2) is 19.7 Å². The molecule has 1 N–H and O–H groups in total. The van der Waals surface area contributed by atoms with Gasteiger partial charge in [0.05, 0.1) is 12.6 Å². The molecule has 1 heterocycles. The van der Waals surface area contributed by atoms with Gasteiger partial charge in [0, 0.05) is 12.5 Å². The highest BCUT2D eigenvalue weighted by atomic mass is 19.1. The fourth-order valence-corrected chi connectivity index (χ4v) is 1.99. The second kappa shape index (κ2) is 5.27. The van der Waals surface area contributed by atoms with E-state index in [1.54, 1.807) is 0 Å². The molecule has 0 saturated heterocycles. The molecule has 0 saturated carbocycles. The van der Waals surface area contributed by atoms with Crippen LogP contribution in [0.1, 0.15) is 12.0 Å². The molecule has 0 spiro atoms. The van der Waals surface area contributed by atoms with E-state index in [1.807, 2.05) is 13.1 Å². The average Bonchev–Trinajstić information content (AvgIpc) is 2.77. The average molecular weight is 239 g/mol. The summed E-state index contributed by atoms with van der Waals surface area (Å²) in [5.74, 6) is -0.232. The van der Waals surface area contributed by atoms with Gasteiger partial charge in [0.1, 0.15) is 17.4 Å². The van der Waals surface area contributed by atoms with E-state index in [1.165, 1.54) is 12.1 Å². The van der Waals surface area contributed by atoms with E-state index < -0.39 is 11.6 Å². The summed E-state index contributed by atoms with van der Waals surface area (Å²) in [5, 5.41) is 3.09. The molecule has 1 aliphatic rings. The third kappa shape index (κ3) is 3.03. The van der Waals surface area contributed by atoms with Gasteiger partial charge in [-0.05, 0) is 37.2 Å². The molecule has 0 bridgehead atoms. The van der Waals surface area contributed by atoms with Gasteiger partial charge in [-0.25, -0.2) is 8.78 Å². The second-order valence-electron chi connectivity index (χ2n) is 4.07. The van der Waals surface area contributed by atoms with Crippen molar-refractivity contribution < 1.29 is 13.5 Å². The summed E-state index contributed by atoms with van der Waals surface area (Å²) < 4.78 is 31.6. The maximum atomic E-state index is 13.1. The molecule has 2 rings (SSSR count). The van der Waals surface area contributed by atoms with Gasteiger partial charge in [-0.3, -0.25) is 0 Å². The van der Waals surface area contributed by atoms with Crippen LogP contribution < -0.4 is 5.32 Å². The van der Waals surface area contributed by atoms with Gasteiger partial charge in [0.15, 0.2) is 0 Å². The summed E-state index contributed by atoms with van der Waals surface area (Å²) in [6.07, 6.45) is 3.42. The number of benzene rings is 1. The summed E-state index contributed by atoms with van der Waals surface area (Å²) in [4.78, 5) is 0. The lowest BCUT2D eigenvalue weighted by molar-refractivity contribution is 0.217. The first kappa shape index (κ1) is 12.0. The molecule has 1 unspecified atom stereocenters. The van der Waals surface area contributed by atoms with E-state index in [0.29, 0.717) is 18.6 Å². The van der Waals surface area contributed by atoms with Crippen molar-refractivity contribution in [1.82, 2.24) is 5.32 Å². The van der Waals surface area contributed by atoms with Crippen molar-refractivity contribution in [1.29, 1.82) is 0 Å². The van der Waals surface area contributed by atoms with E-state index in [-0.39, 0.29) is 6.04 Å². The van der Waals surface area contributed by atoms with Gasteiger partial charge in [-0.15, -0.1) is 0 Å². The highest BCUT2D eigenvalue weighted by Crippen LogP contribution is 2.18. The summed E-state index contributed by atoms with van der Waals surface area (Å²) in [6.45, 7) is 0.686. The van der Waals surface area contributed by atoms with Crippen LogP contribution in [0.2, 0.25) is 0 Å². The Hall–Kier alpha value is -1.42. The number of ether oxygens (including phenoxy) is 1. The largest absolute Gasteiger partial charge is 0.496 e. The van der Waals surface area contributed by atoms with Gasteiger partial charge in [0.2, 0.25) is 0 Å². The zero-order valence-corrected chi connectivity index (χ0v) is 9.67. The molecule has 17 heavy (non-hydrogen) atoms. The molecular weight excluding hydrogens is 224 g/mol. The monoisotopic (exact) mass is 239 g/mol. The molecular formula is C13H15F2NO. The number of rotatable bonds is 4. The van der Waals surface area contributed by atoms with E-state index in [2.05, 4.69) is 5.32 Å². The third-order valence-corrected chi connectivity index (χ3v) is 2.79. The first-order valence-corrected chi connectivity index (χ1v) is 5.64. The molecule has 0 radical (unpaired) electrons. The van der Waals surface area contributed by atoms with Gasteiger partial charge in [-0.1, -0.05) is 0 Å². The molecule has 1 atom stereocenters. The molecule has 4 heteroatoms. The minimum Gasteiger partial charge on any atom is -0.496 e. The summed E-state index contributed by atoms with van der Waals surface area (Å²) in [7, 11) is 1.81. The Morgan fingerprint density at radius 1 is 1.29 bits per heavy atom. The Kier molecular flexibility index (Phi) is 3.74. The number of likely N-dealkylation sites (N-methyl/N-ethyl adjacent to an activating group) is 1. The minimum atomic E-state index is -0.545. The predicted molar refractivity (Wildman–Crippen MR) is 61.6 cm³/mol. The highest BCUT2D eigenvalue weighted by molar-refractivity contribution is 5.21. The van der Waals surface area contributed by atoms with Crippen molar-refractivity contribution in [2.45, 2.75) is 18.9 Å². The summed E-state index contributed by atoms with van der Waals surface area (Å²) in [5.41, 5.74) is 0.623. The predicted octanol–water partition coefficient (Wildman–Crippen LogP) is 2.40. The van der Waals surface area contributed by atoms with Crippen LogP contribution in [0.4, 0.5) is 8.78 Å². The van der Waals surface area contributed by atoms with E-state index in [0.717, 1.165) is 18.2 Å². The quantitative estimate of drug-likeness (QED) is 0.871. The Morgan fingerprint density at radius 2 is 2.00 bits per heavy atom. The Labute approximate surface area is 99.3 Å². The maximum absolute atomic E-state index is 13.1. The van der Waals surface area contributed by atoms with Crippen LogP contribution in [0.5, 0.6) is 0 Å². The third-order valence-electron chi connectivity index (χ3n) is 2.79. The Morgan fingerprint density at radius 3 is 2.53 bits per heavy atom. The molecule has 92 valence electrons. The molecule has 2 nitrogen and oxygen atoms in total. The number of halogens is 2. The van der Waals surface area contributed by atoms with Crippen LogP contribution in [0.15, 0.2) is 30.0 Å². The fourth-order valence-electron chi connectivity index (χ4n) is 1.99. The SMILES string of the molecule is CNC(Cc1cc(F)cc(F)c1)C1=CCCO1. The van der Waals surface area contributed by atoms with E-state index >= 15 is 0 Å². The molecule has 1 aliphatic heterocycles. The van der Waals surface area contributed by atoms with Crippen LogP contribution in [0, 0.1) is 11.6 Å². The van der Waals surface area contributed by atoms with Gasteiger partial charge < -0.3 is 10.1 Å². The number of hydrogen-bond acceptors (Lipinski definition) is 2. The lowest BCUT2D eigenvalue weighted by Crippen LogP contribution is -2.30. The van der Waals surface area contributed by atoms with Crippen molar-refractivity contribution in [3.8, 4) is 0 Å². The van der Waals surface area contributed by atoms with Crippen LogP contribution in [-0.2, 0) is 11.2 Å². The van der Waals surface area contributed by atoms with Gasteiger partial charge >= 0.3 is 0 Å². The van der Waals surface area contributed by atoms with Crippen LogP contribution in [0.3, 0.4) is 0 Å². The molecule has 0 aromatic heterocycles. The number of nitrogens with one attached hydrogen (secondary N) is 1. The molecule has 0 amide bonds. The Bertz CT molecular complexity index is 411. The molecule has 1 aromatic rings. The normalized spacial score (nSPS) is 16.5. The highest BCUT2D eigenvalue weighted by Gasteiger charge is 2.18. The molecule has 0 aliphatic carbocycles. The lowest BCUT2D eigenvalue weighted by atomic mass is 10.0. The topological polar surface area (TPSA) is 21.3 Å². The van der Waals surface area contributed by atoms with Crippen molar-refractivity contribution in [2.24, 2.45) is 0 Å². The lowest BCUT2D eigenvalue weighted by Gasteiger charge is -2.17. The zero-order valence-electron chi connectivity index (χ0n) is 9.67. The summed E-state index contributed by atoms with van der Waals surface area (Å²) in [6, 6.07) is 3.55. The van der Waals surface area contributed by atoms with E-state index in [9.17, 15) is 8.78 Å². The maximum Gasteiger partial charge on any atom is 0.126 e. The zero-order chi connectivity index (χ0) is 12.3. The van der Waals surface area contributed by atoms with Gasteiger partial charge in [0.25, 0.3) is 0 Å². The van der Waals surface area contributed by atoms with Crippen molar-refractivity contribution in [3.05, 3.63) is 47.2 Å². The van der Waals surface area contributed by atoms with Crippen molar-refractivity contribution in [3.63, 3.8) is 0 Å². The standard InChI is InChI=1S/C13H15F2NO/c1-16-12(13-3-2-4-17-13)7-9-5-10(14)8-11(15)6-9/h3,5-6,8,12,16H,2,4,7H2,1H3. The van der Waals surface area contributed by atoms with Crippen molar-refractivity contribution in [2.75, 3.05) is 13.7 Å². The minimum absolute atomic E-state index is 0.0290. The van der Waals surface area contributed by atoms with Gasteiger partial charge in [-0.2, -0.15) is 0 Å². The molecule has 1 aromatic carbocycles. The summed E-state index contributed by atoms with van der Waals surface area (Å²) >= 11 is 0. The van der Waals surface area contributed by atoms with Crippen LogP contribution in [0.25, 0.3) is 0 Å². The molecule has 0 fully saturated rings. The first-order valence-electron chi connectivity index (χ1n) is 5.64. The van der Waals surface area contributed by atoms with Crippen molar-refractivity contribution >= 4 is 0 Å². The van der Waals surface area contributed by atoms with E-state index in [4.69, 9.17) is 4.74 Å². The van der Waals surface area contributed by atoms with Crippen LogP contribution >= 0.6 is 0 Å². The number of hydrogen-bond donors (Lipinski definition) is 1.